The van der Waals surface area contributed by atoms with Crippen LogP contribution in [0.1, 0.15) is 25.0 Å². The van der Waals surface area contributed by atoms with Crippen molar-refractivity contribution in [3.8, 4) is 22.3 Å². The van der Waals surface area contributed by atoms with E-state index < -0.39 is 23.5 Å². The fourth-order valence-corrected chi connectivity index (χ4v) is 3.39. The highest BCUT2D eigenvalue weighted by atomic mass is 35.5. The average molecular weight is 463 g/mol. The molecule has 0 fully saturated rings. The van der Waals surface area contributed by atoms with Gasteiger partial charge in [-0.1, -0.05) is 49.7 Å². The van der Waals surface area contributed by atoms with Gasteiger partial charge in [-0.25, -0.2) is 9.18 Å². The van der Waals surface area contributed by atoms with E-state index in [4.69, 9.17) is 11.6 Å². The second-order valence-corrected chi connectivity index (χ2v) is 8.04. The second kappa shape index (κ2) is 9.17. The minimum Gasteiger partial charge on any atom is -0.478 e. The van der Waals surface area contributed by atoms with Crippen LogP contribution in [0.15, 0.2) is 66.7 Å². The molecule has 0 aliphatic heterocycles. The summed E-state index contributed by atoms with van der Waals surface area (Å²) in [6.07, 6.45) is -2.89. The maximum atomic E-state index is 14.1. The zero-order valence-corrected chi connectivity index (χ0v) is 17.9. The summed E-state index contributed by atoms with van der Waals surface area (Å²) in [5.41, 5.74) is 1.53. The average Bonchev–Trinajstić information content (AvgIpc) is 2.73. The predicted molar refractivity (Wildman–Crippen MR) is 118 cm³/mol. The van der Waals surface area contributed by atoms with Gasteiger partial charge in [-0.2, -0.15) is 13.2 Å². The minimum atomic E-state index is -4.47. The molecule has 0 heterocycles. The molecule has 0 unspecified atom stereocenters. The number of rotatable bonds is 5. The molecule has 0 spiro atoms. The number of benzene rings is 3. The zero-order chi connectivity index (χ0) is 23.6. The lowest BCUT2D eigenvalue weighted by molar-refractivity contribution is -0.137. The Bertz CT molecular complexity index is 1180. The Hall–Kier alpha value is -3.12. The Morgan fingerprint density at radius 3 is 1.97 bits per heavy atom. The van der Waals surface area contributed by atoms with Gasteiger partial charge >= 0.3 is 12.1 Å². The van der Waals surface area contributed by atoms with Crippen molar-refractivity contribution in [2.24, 2.45) is 5.92 Å². The Morgan fingerprint density at radius 1 is 0.906 bits per heavy atom. The molecule has 0 aliphatic carbocycles. The van der Waals surface area contributed by atoms with Crippen LogP contribution in [0.25, 0.3) is 27.8 Å². The van der Waals surface area contributed by atoms with Gasteiger partial charge in [-0.05, 0) is 76.2 Å². The summed E-state index contributed by atoms with van der Waals surface area (Å²) in [7, 11) is 0. The number of carboxylic acid groups (broad SMARTS) is 1. The number of carboxylic acids is 1. The van der Waals surface area contributed by atoms with Crippen molar-refractivity contribution in [3.05, 3.63) is 88.7 Å². The van der Waals surface area contributed by atoms with E-state index in [9.17, 15) is 27.5 Å². The van der Waals surface area contributed by atoms with E-state index in [2.05, 4.69) is 0 Å². The number of hydrogen-bond donors (Lipinski definition) is 1. The topological polar surface area (TPSA) is 37.3 Å². The molecule has 0 amide bonds. The molecule has 3 aromatic rings. The molecule has 0 atom stereocenters. The number of hydrogen-bond acceptors (Lipinski definition) is 1. The van der Waals surface area contributed by atoms with Crippen LogP contribution in [-0.4, -0.2) is 11.1 Å². The molecule has 3 aromatic carbocycles. The second-order valence-electron chi connectivity index (χ2n) is 7.63. The van der Waals surface area contributed by atoms with Crippen molar-refractivity contribution in [2.45, 2.75) is 20.0 Å². The Morgan fingerprint density at radius 2 is 1.47 bits per heavy atom. The van der Waals surface area contributed by atoms with E-state index in [1.807, 2.05) is 13.8 Å². The van der Waals surface area contributed by atoms with Crippen molar-refractivity contribution in [1.82, 2.24) is 0 Å². The van der Waals surface area contributed by atoms with Crippen molar-refractivity contribution >= 4 is 23.1 Å². The summed E-state index contributed by atoms with van der Waals surface area (Å²) in [4.78, 5) is 11.9. The van der Waals surface area contributed by atoms with Crippen LogP contribution in [0.2, 0.25) is 5.02 Å². The monoisotopic (exact) mass is 462 g/mol. The van der Waals surface area contributed by atoms with Crippen LogP contribution in [0.4, 0.5) is 17.6 Å². The van der Waals surface area contributed by atoms with E-state index in [0.717, 1.165) is 12.1 Å². The molecule has 0 aliphatic rings. The van der Waals surface area contributed by atoms with Crippen LogP contribution in [0.5, 0.6) is 0 Å². The molecule has 0 radical (unpaired) electrons. The van der Waals surface area contributed by atoms with Gasteiger partial charge in [0.15, 0.2) is 0 Å². The lowest BCUT2D eigenvalue weighted by Crippen LogP contribution is -2.04. The maximum absolute atomic E-state index is 14.1. The molecule has 1 N–H and O–H groups in total. The third-order valence-electron chi connectivity index (χ3n) is 4.77. The summed E-state index contributed by atoms with van der Waals surface area (Å²) >= 11 is 5.77. The molecule has 0 saturated carbocycles. The fourth-order valence-electron chi connectivity index (χ4n) is 3.27. The summed E-state index contributed by atoms with van der Waals surface area (Å²) in [6.45, 7) is 3.66. The lowest BCUT2D eigenvalue weighted by atomic mass is 9.92. The van der Waals surface area contributed by atoms with Gasteiger partial charge in [-0.15, -0.1) is 0 Å². The van der Waals surface area contributed by atoms with E-state index in [1.165, 1.54) is 24.3 Å². The summed E-state index contributed by atoms with van der Waals surface area (Å²) in [6, 6.07) is 13.7. The van der Waals surface area contributed by atoms with Crippen LogP contribution in [0.3, 0.4) is 0 Å². The zero-order valence-electron chi connectivity index (χ0n) is 17.2. The Kier molecular flexibility index (Phi) is 6.74. The van der Waals surface area contributed by atoms with Gasteiger partial charge in [0, 0.05) is 0 Å². The van der Waals surface area contributed by atoms with Crippen molar-refractivity contribution in [2.75, 3.05) is 0 Å². The van der Waals surface area contributed by atoms with Crippen LogP contribution < -0.4 is 0 Å². The highest BCUT2D eigenvalue weighted by molar-refractivity contribution is 6.30. The molecular weight excluding hydrogens is 444 g/mol. The molecule has 3 rings (SSSR count). The summed E-state index contributed by atoms with van der Waals surface area (Å²) in [5, 5.41) is 9.68. The van der Waals surface area contributed by atoms with E-state index in [1.54, 1.807) is 30.3 Å². The van der Waals surface area contributed by atoms with Gasteiger partial charge < -0.3 is 5.11 Å². The molecule has 2 nitrogen and oxygen atoms in total. The highest BCUT2D eigenvalue weighted by Crippen LogP contribution is 2.35. The SMILES string of the molecule is CC(C)/C=C(\C(=O)O)c1cc(-c2ccc(C(F)(F)F)cc2)cc(-c2ccc(Cl)c(F)c2)c1. The van der Waals surface area contributed by atoms with Crippen molar-refractivity contribution in [3.63, 3.8) is 0 Å². The van der Waals surface area contributed by atoms with Gasteiger partial charge in [0.05, 0.1) is 16.2 Å². The fraction of sp³-hybridized carbons (Fsp3) is 0.160. The quantitative estimate of drug-likeness (QED) is 0.308. The molecule has 0 saturated heterocycles. The number of allylic oxidation sites excluding steroid dienone is 1. The largest absolute Gasteiger partial charge is 0.478 e. The molecule has 0 bridgehead atoms. The van der Waals surface area contributed by atoms with Crippen LogP contribution in [0, 0.1) is 11.7 Å². The first-order chi connectivity index (χ1) is 15.0. The first-order valence-electron chi connectivity index (χ1n) is 9.69. The van der Waals surface area contributed by atoms with Crippen LogP contribution >= 0.6 is 11.6 Å². The van der Waals surface area contributed by atoms with E-state index in [0.29, 0.717) is 27.8 Å². The standard InChI is InChI=1S/C25H19ClF4O2/c1-14(2)9-21(24(31)32)19-11-17(15-3-6-20(7-4-15)25(28,29)30)10-18(12-19)16-5-8-22(26)23(27)13-16/h3-14H,1-2H3,(H,31,32)/b21-9-. The first kappa shape index (κ1) is 23.5. The van der Waals surface area contributed by atoms with Gasteiger partial charge in [0.1, 0.15) is 5.82 Å². The summed E-state index contributed by atoms with van der Waals surface area (Å²) < 4.78 is 52.9. The lowest BCUT2D eigenvalue weighted by Gasteiger charge is -2.13. The number of halogens is 5. The van der Waals surface area contributed by atoms with Gasteiger partial charge in [0.2, 0.25) is 0 Å². The van der Waals surface area contributed by atoms with Crippen LogP contribution in [-0.2, 0) is 11.0 Å². The first-order valence-corrected chi connectivity index (χ1v) is 10.1. The molecule has 166 valence electrons. The normalized spacial score (nSPS) is 12.3. The third kappa shape index (κ3) is 5.37. The van der Waals surface area contributed by atoms with Gasteiger partial charge in [-0.3, -0.25) is 0 Å². The number of aliphatic carboxylic acids is 1. The molecule has 32 heavy (non-hydrogen) atoms. The van der Waals surface area contributed by atoms with Gasteiger partial charge in [0.25, 0.3) is 0 Å². The Balaban J connectivity index is 2.22. The predicted octanol–water partition coefficient (Wildman–Crippen LogP) is 7.96. The molecule has 7 heteroatoms. The highest BCUT2D eigenvalue weighted by Gasteiger charge is 2.30. The third-order valence-corrected chi connectivity index (χ3v) is 5.08. The summed E-state index contributed by atoms with van der Waals surface area (Å²) in [5.74, 6) is -1.84. The van der Waals surface area contributed by atoms with E-state index >= 15 is 0 Å². The number of alkyl halides is 3. The maximum Gasteiger partial charge on any atom is 0.416 e. The smallest absolute Gasteiger partial charge is 0.416 e. The molecule has 0 aromatic heterocycles. The number of carbonyl (C=O) groups is 1. The van der Waals surface area contributed by atoms with E-state index in [-0.39, 0.29) is 16.5 Å². The minimum absolute atomic E-state index is 0.0458. The Labute approximate surface area is 187 Å². The molecular formula is C25H19ClF4O2. The van der Waals surface area contributed by atoms with Crippen molar-refractivity contribution in [1.29, 1.82) is 0 Å². The van der Waals surface area contributed by atoms with Crippen molar-refractivity contribution < 1.29 is 27.5 Å².